The second-order valence-corrected chi connectivity index (χ2v) is 4.91. The summed E-state index contributed by atoms with van der Waals surface area (Å²) in [5.41, 5.74) is 0.952. The molecular formula is C13H13BrN2O2. The standard InChI is InChI=1S/C13H13BrN2O2/c14-11-4-1-10(2-5-11)3-6-13(18)16-8-7-15-12(17)9-16/h1-6H,7-9H2,(H,15,17)/b6-3+. The molecule has 0 radical (unpaired) electrons. The lowest BCUT2D eigenvalue weighted by molar-refractivity contribution is -0.134. The third kappa shape index (κ3) is 3.43. The van der Waals surface area contributed by atoms with Crippen LogP contribution in [0.1, 0.15) is 5.56 Å². The van der Waals surface area contributed by atoms with Gasteiger partial charge in [0, 0.05) is 23.6 Å². The summed E-state index contributed by atoms with van der Waals surface area (Å²) in [6, 6.07) is 7.66. The average Bonchev–Trinajstić information content (AvgIpc) is 2.38. The predicted molar refractivity (Wildman–Crippen MR) is 72.8 cm³/mol. The van der Waals surface area contributed by atoms with Gasteiger partial charge in [0.25, 0.3) is 0 Å². The number of amides is 2. The normalized spacial score (nSPS) is 15.8. The van der Waals surface area contributed by atoms with Crippen LogP contribution in [0.15, 0.2) is 34.8 Å². The Morgan fingerprint density at radius 1 is 1.33 bits per heavy atom. The predicted octanol–water partition coefficient (Wildman–Crippen LogP) is 1.42. The summed E-state index contributed by atoms with van der Waals surface area (Å²) >= 11 is 3.35. The van der Waals surface area contributed by atoms with Crippen LogP contribution in [-0.2, 0) is 9.59 Å². The molecular weight excluding hydrogens is 296 g/mol. The van der Waals surface area contributed by atoms with Gasteiger partial charge < -0.3 is 10.2 Å². The van der Waals surface area contributed by atoms with Crippen molar-refractivity contribution >= 4 is 33.8 Å². The highest BCUT2D eigenvalue weighted by Gasteiger charge is 2.18. The Kier molecular flexibility index (Phi) is 4.15. The van der Waals surface area contributed by atoms with Crippen molar-refractivity contribution in [1.82, 2.24) is 10.2 Å². The Morgan fingerprint density at radius 2 is 2.06 bits per heavy atom. The molecule has 1 aliphatic heterocycles. The number of nitrogens with zero attached hydrogens (tertiary/aromatic N) is 1. The van der Waals surface area contributed by atoms with Crippen molar-refractivity contribution in [2.24, 2.45) is 0 Å². The lowest BCUT2D eigenvalue weighted by atomic mass is 10.2. The number of rotatable bonds is 2. The first-order chi connectivity index (χ1) is 8.65. The van der Waals surface area contributed by atoms with E-state index in [1.54, 1.807) is 6.08 Å². The van der Waals surface area contributed by atoms with E-state index in [9.17, 15) is 9.59 Å². The largest absolute Gasteiger partial charge is 0.353 e. The molecule has 1 heterocycles. The molecule has 1 fully saturated rings. The van der Waals surface area contributed by atoms with Gasteiger partial charge in [-0.2, -0.15) is 0 Å². The molecule has 5 heteroatoms. The number of benzene rings is 1. The molecule has 1 aliphatic rings. The zero-order chi connectivity index (χ0) is 13.0. The summed E-state index contributed by atoms with van der Waals surface area (Å²) in [5, 5.41) is 2.68. The van der Waals surface area contributed by atoms with Gasteiger partial charge in [-0.15, -0.1) is 0 Å². The Hall–Kier alpha value is -1.62. The maximum absolute atomic E-state index is 11.8. The molecule has 18 heavy (non-hydrogen) atoms. The first-order valence-electron chi connectivity index (χ1n) is 5.64. The van der Waals surface area contributed by atoms with Gasteiger partial charge in [-0.05, 0) is 23.8 Å². The van der Waals surface area contributed by atoms with Gasteiger partial charge in [0.15, 0.2) is 0 Å². The Bertz CT molecular complexity index is 482. The molecule has 0 spiro atoms. The minimum atomic E-state index is -0.132. The third-order valence-corrected chi connectivity index (χ3v) is 3.17. The maximum Gasteiger partial charge on any atom is 0.247 e. The highest BCUT2D eigenvalue weighted by atomic mass is 79.9. The van der Waals surface area contributed by atoms with E-state index in [-0.39, 0.29) is 18.4 Å². The molecule has 4 nitrogen and oxygen atoms in total. The lowest BCUT2D eigenvalue weighted by Gasteiger charge is -2.25. The topological polar surface area (TPSA) is 49.4 Å². The summed E-state index contributed by atoms with van der Waals surface area (Å²) < 4.78 is 0.999. The van der Waals surface area contributed by atoms with Crippen molar-refractivity contribution in [1.29, 1.82) is 0 Å². The highest BCUT2D eigenvalue weighted by molar-refractivity contribution is 9.10. The van der Waals surface area contributed by atoms with E-state index in [0.717, 1.165) is 10.0 Å². The van der Waals surface area contributed by atoms with E-state index in [0.29, 0.717) is 13.1 Å². The Morgan fingerprint density at radius 3 is 2.72 bits per heavy atom. The van der Waals surface area contributed by atoms with Crippen LogP contribution in [0.25, 0.3) is 6.08 Å². The first kappa shape index (κ1) is 12.8. The fourth-order valence-corrected chi connectivity index (χ4v) is 1.94. The summed E-state index contributed by atoms with van der Waals surface area (Å²) in [6.07, 6.45) is 3.25. The van der Waals surface area contributed by atoms with Gasteiger partial charge >= 0.3 is 0 Å². The van der Waals surface area contributed by atoms with Crippen LogP contribution in [0.3, 0.4) is 0 Å². The second kappa shape index (κ2) is 5.82. The molecule has 94 valence electrons. The van der Waals surface area contributed by atoms with Crippen molar-refractivity contribution in [3.63, 3.8) is 0 Å². The van der Waals surface area contributed by atoms with E-state index < -0.39 is 0 Å². The van der Waals surface area contributed by atoms with E-state index in [1.165, 1.54) is 11.0 Å². The summed E-state index contributed by atoms with van der Waals surface area (Å²) in [5.74, 6) is -0.237. The van der Waals surface area contributed by atoms with E-state index in [1.807, 2.05) is 24.3 Å². The van der Waals surface area contributed by atoms with Crippen molar-refractivity contribution in [3.8, 4) is 0 Å². The Labute approximate surface area is 114 Å². The van der Waals surface area contributed by atoms with Crippen LogP contribution in [0, 0.1) is 0 Å². The minimum absolute atomic E-state index is 0.105. The monoisotopic (exact) mass is 308 g/mol. The minimum Gasteiger partial charge on any atom is -0.353 e. The summed E-state index contributed by atoms with van der Waals surface area (Å²) in [7, 11) is 0. The average molecular weight is 309 g/mol. The lowest BCUT2D eigenvalue weighted by Crippen LogP contribution is -2.49. The molecule has 1 aromatic carbocycles. The SMILES string of the molecule is O=C1CN(C(=O)/C=C/c2ccc(Br)cc2)CCN1. The molecule has 1 saturated heterocycles. The molecule has 0 aliphatic carbocycles. The van der Waals surface area contributed by atoms with Crippen molar-refractivity contribution in [2.45, 2.75) is 0 Å². The smallest absolute Gasteiger partial charge is 0.247 e. The van der Waals surface area contributed by atoms with Gasteiger partial charge in [0.1, 0.15) is 0 Å². The first-order valence-corrected chi connectivity index (χ1v) is 6.44. The zero-order valence-electron chi connectivity index (χ0n) is 9.73. The molecule has 2 rings (SSSR count). The van der Waals surface area contributed by atoms with E-state index in [2.05, 4.69) is 21.2 Å². The highest BCUT2D eigenvalue weighted by Crippen LogP contribution is 2.11. The zero-order valence-corrected chi connectivity index (χ0v) is 11.3. The van der Waals surface area contributed by atoms with Gasteiger partial charge in [-0.1, -0.05) is 28.1 Å². The molecule has 0 aromatic heterocycles. The number of nitrogens with one attached hydrogen (secondary N) is 1. The number of hydrogen-bond donors (Lipinski definition) is 1. The fraction of sp³-hybridized carbons (Fsp3) is 0.231. The van der Waals surface area contributed by atoms with Gasteiger partial charge in [-0.25, -0.2) is 0 Å². The van der Waals surface area contributed by atoms with Crippen LogP contribution < -0.4 is 5.32 Å². The molecule has 1 N–H and O–H groups in total. The molecule has 2 amide bonds. The van der Waals surface area contributed by atoms with Crippen molar-refractivity contribution in [2.75, 3.05) is 19.6 Å². The summed E-state index contributed by atoms with van der Waals surface area (Å²) in [6.45, 7) is 1.23. The maximum atomic E-state index is 11.8. The third-order valence-electron chi connectivity index (χ3n) is 2.64. The van der Waals surface area contributed by atoms with Crippen LogP contribution in [0.2, 0.25) is 0 Å². The van der Waals surface area contributed by atoms with Crippen LogP contribution >= 0.6 is 15.9 Å². The van der Waals surface area contributed by atoms with Crippen molar-refractivity contribution in [3.05, 3.63) is 40.4 Å². The van der Waals surface area contributed by atoms with Gasteiger partial charge in [-0.3, -0.25) is 9.59 Å². The molecule has 0 saturated carbocycles. The van der Waals surface area contributed by atoms with Crippen LogP contribution in [-0.4, -0.2) is 36.3 Å². The van der Waals surface area contributed by atoms with Gasteiger partial charge in [0.05, 0.1) is 6.54 Å². The molecule has 0 unspecified atom stereocenters. The summed E-state index contributed by atoms with van der Waals surface area (Å²) in [4.78, 5) is 24.5. The van der Waals surface area contributed by atoms with Crippen LogP contribution in [0.5, 0.6) is 0 Å². The number of hydrogen-bond acceptors (Lipinski definition) is 2. The van der Waals surface area contributed by atoms with E-state index in [4.69, 9.17) is 0 Å². The number of carbonyl (C=O) groups is 2. The molecule has 1 aromatic rings. The van der Waals surface area contributed by atoms with Gasteiger partial charge in [0.2, 0.25) is 11.8 Å². The Balaban J connectivity index is 1.98. The van der Waals surface area contributed by atoms with E-state index >= 15 is 0 Å². The number of piperazine rings is 1. The molecule has 0 atom stereocenters. The fourth-order valence-electron chi connectivity index (χ4n) is 1.67. The number of carbonyl (C=O) groups excluding carboxylic acids is 2. The number of halogens is 1. The second-order valence-electron chi connectivity index (χ2n) is 3.99. The van der Waals surface area contributed by atoms with Crippen LogP contribution in [0.4, 0.5) is 0 Å². The van der Waals surface area contributed by atoms with Crippen molar-refractivity contribution < 1.29 is 9.59 Å². The quantitative estimate of drug-likeness (QED) is 0.840. The molecule has 0 bridgehead atoms.